The van der Waals surface area contributed by atoms with Crippen molar-refractivity contribution in [3.05, 3.63) is 42.0 Å². The van der Waals surface area contributed by atoms with Gasteiger partial charge in [-0.05, 0) is 12.1 Å². The third kappa shape index (κ3) is 2.35. The third-order valence-corrected chi connectivity index (χ3v) is 2.35. The molecule has 0 unspecified atom stereocenters. The minimum Gasteiger partial charge on any atom is -0.448 e. The average molecular weight is 237 g/mol. The van der Waals surface area contributed by atoms with E-state index in [9.17, 15) is 8.78 Å². The maximum absolute atomic E-state index is 13.5. The summed E-state index contributed by atoms with van der Waals surface area (Å²) in [7, 11) is 0. The fourth-order valence-electron chi connectivity index (χ4n) is 1.44. The van der Waals surface area contributed by atoms with E-state index in [1.54, 1.807) is 0 Å². The van der Waals surface area contributed by atoms with Crippen molar-refractivity contribution in [1.29, 1.82) is 0 Å². The molecule has 0 spiro atoms. The SMILES string of the molecule is CC(C)(C)c1nc(-c2ccc(F)cc2F)co1. The summed E-state index contributed by atoms with van der Waals surface area (Å²) in [6, 6.07) is 3.39. The van der Waals surface area contributed by atoms with Gasteiger partial charge in [-0.15, -0.1) is 0 Å². The summed E-state index contributed by atoms with van der Waals surface area (Å²) in [4.78, 5) is 4.21. The molecule has 0 aliphatic rings. The van der Waals surface area contributed by atoms with E-state index in [0.29, 0.717) is 11.6 Å². The summed E-state index contributed by atoms with van der Waals surface area (Å²) in [5.41, 5.74) is 0.382. The summed E-state index contributed by atoms with van der Waals surface area (Å²) in [5.74, 6) is -0.722. The minimum atomic E-state index is -0.640. The van der Waals surface area contributed by atoms with Crippen LogP contribution in [0, 0.1) is 11.6 Å². The molecule has 17 heavy (non-hydrogen) atoms. The van der Waals surface area contributed by atoms with Crippen molar-refractivity contribution in [3.63, 3.8) is 0 Å². The van der Waals surface area contributed by atoms with Crippen molar-refractivity contribution >= 4 is 0 Å². The zero-order valence-corrected chi connectivity index (χ0v) is 9.92. The van der Waals surface area contributed by atoms with Gasteiger partial charge in [-0.3, -0.25) is 0 Å². The van der Waals surface area contributed by atoms with Crippen LogP contribution in [0.2, 0.25) is 0 Å². The van der Waals surface area contributed by atoms with Gasteiger partial charge in [0.1, 0.15) is 23.6 Å². The lowest BCUT2D eigenvalue weighted by Gasteiger charge is -2.11. The second kappa shape index (κ2) is 3.95. The Kier molecular flexibility index (Phi) is 2.73. The van der Waals surface area contributed by atoms with Crippen molar-refractivity contribution < 1.29 is 13.2 Å². The number of hydrogen-bond donors (Lipinski definition) is 0. The molecule has 2 aromatic rings. The number of nitrogens with zero attached hydrogens (tertiary/aromatic N) is 1. The van der Waals surface area contributed by atoms with Crippen LogP contribution in [-0.2, 0) is 5.41 Å². The Balaban J connectivity index is 2.44. The smallest absolute Gasteiger partial charge is 0.199 e. The first kappa shape index (κ1) is 11.8. The minimum absolute atomic E-state index is 0.241. The maximum atomic E-state index is 13.5. The summed E-state index contributed by atoms with van der Waals surface area (Å²) in [5, 5.41) is 0. The van der Waals surface area contributed by atoms with Gasteiger partial charge in [-0.2, -0.15) is 0 Å². The van der Waals surface area contributed by atoms with Gasteiger partial charge in [0.2, 0.25) is 0 Å². The molecule has 0 amide bonds. The van der Waals surface area contributed by atoms with Crippen molar-refractivity contribution in [2.45, 2.75) is 26.2 Å². The van der Waals surface area contributed by atoms with E-state index < -0.39 is 11.6 Å². The van der Waals surface area contributed by atoms with Gasteiger partial charge in [0.25, 0.3) is 0 Å². The van der Waals surface area contributed by atoms with E-state index in [-0.39, 0.29) is 11.0 Å². The Bertz CT molecular complexity index is 541. The van der Waals surface area contributed by atoms with Crippen LogP contribution >= 0.6 is 0 Å². The molecular weight excluding hydrogens is 224 g/mol. The van der Waals surface area contributed by atoms with Crippen molar-refractivity contribution in [2.75, 3.05) is 0 Å². The second-order valence-electron chi connectivity index (χ2n) is 4.91. The Labute approximate surface area is 98.3 Å². The predicted octanol–water partition coefficient (Wildman–Crippen LogP) is 3.92. The van der Waals surface area contributed by atoms with Gasteiger partial charge in [-0.1, -0.05) is 20.8 Å². The van der Waals surface area contributed by atoms with E-state index in [0.717, 1.165) is 6.07 Å². The van der Waals surface area contributed by atoms with Crippen LogP contribution < -0.4 is 0 Å². The molecule has 0 radical (unpaired) electrons. The standard InChI is InChI=1S/C13H13F2NO/c1-13(2,3)12-16-11(7-17-12)9-5-4-8(14)6-10(9)15/h4-7H,1-3H3. The monoisotopic (exact) mass is 237 g/mol. The lowest BCUT2D eigenvalue weighted by molar-refractivity contribution is 0.392. The van der Waals surface area contributed by atoms with E-state index in [2.05, 4.69) is 4.98 Å². The molecule has 0 saturated carbocycles. The Hall–Kier alpha value is -1.71. The molecule has 2 nitrogen and oxygen atoms in total. The van der Waals surface area contributed by atoms with Crippen LogP contribution in [0.3, 0.4) is 0 Å². The molecular formula is C13H13F2NO. The Morgan fingerprint density at radius 3 is 2.41 bits per heavy atom. The first-order valence-corrected chi connectivity index (χ1v) is 5.29. The average Bonchev–Trinajstić information content (AvgIpc) is 2.65. The van der Waals surface area contributed by atoms with E-state index >= 15 is 0 Å². The van der Waals surface area contributed by atoms with Gasteiger partial charge in [0.05, 0.1) is 0 Å². The lowest BCUT2D eigenvalue weighted by atomic mass is 9.97. The van der Waals surface area contributed by atoms with Gasteiger partial charge in [0, 0.05) is 17.0 Å². The molecule has 0 N–H and O–H groups in total. The van der Waals surface area contributed by atoms with Gasteiger partial charge < -0.3 is 4.42 Å². The molecule has 0 fully saturated rings. The number of aromatic nitrogens is 1. The first-order valence-electron chi connectivity index (χ1n) is 5.29. The van der Waals surface area contributed by atoms with E-state index in [4.69, 9.17) is 4.42 Å². The zero-order valence-electron chi connectivity index (χ0n) is 9.92. The molecule has 1 aromatic carbocycles. The van der Waals surface area contributed by atoms with Gasteiger partial charge in [-0.25, -0.2) is 13.8 Å². The quantitative estimate of drug-likeness (QED) is 0.751. The molecule has 1 aromatic heterocycles. The van der Waals surface area contributed by atoms with Crippen molar-refractivity contribution in [1.82, 2.24) is 4.98 Å². The van der Waals surface area contributed by atoms with E-state index in [1.807, 2.05) is 20.8 Å². The topological polar surface area (TPSA) is 26.0 Å². The second-order valence-corrected chi connectivity index (χ2v) is 4.91. The number of oxazole rings is 1. The van der Waals surface area contributed by atoms with Crippen LogP contribution in [0.4, 0.5) is 8.78 Å². The molecule has 90 valence electrons. The summed E-state index contributed by atoms with van der Waals surface area (Å²) in [6.45, 7) is 5.84. The highest BCUT2D eigenvalue weighted by Gasteiger charge is 2.21. The lowest BCUT2D eigenvalue weighted by Crippen LogP contribution is -2.11. The van der Waals surface area contributed by atoms with Crippen LogP contribution in [-0.4, -0.2) is 4.98 Å². The zero-order chi connectivity index (χ0) is 12.6. The highest BCUT2D eigenvalue weighted by molar-refractivity contribution is 5.58. The Morgan fingerprint density at radius 2 is 1.88 bits per heavy atom. The molecule has 0 aliphatic carbocycles. The van der Waals surface area contributed by atoms with Crippen molar-refractivity contribution in [2.24, 2.45) is 0 Å². The van der Waals surface area contributed by atoms with Crippen molar-refractivity contribution in [3.8, 4) is 11.3 Å². The highest BCUT2D eigenvalue weighted by atomic mass is 19.1. The number of rotatable bonds is 1. The van der Waals surface area contributed by atoms with Gasteiger partial charge in [0.15, 0.2) is 5.89 Å². The normalized spacial score (nSPS) is 11.8. The molecule has 0 atom stereocenters. The summed E-state index contributed by atoms with van der Waals surface area (Å²) in [6.07, 6.45) is 1.39. The van der Waals surface area contributed by atoms with Crippen LogP contribution in [0.25, 0.3) is 11.3 Å². The molecule has 0 bridgehead atoms. The summed E-state index contributed by atoms with van der Waals surface area (Å²) >= 11 is 0. The summed E-state index contributed by atoms with van der Waals surface area (Å²) < 4.78 is 31.6. The van der Waals surface area contributed by atoms with E-state index in [1.165, 1.54) is 18.4 Å². The van der Waals surface area contributed by atoms with Crippen LogP contribution in [0.15, 0.2) is 28.9 Å². The van der Waals surface area contributed by atoms with Crippen LogP contribution in [0.5, 0.6) is 0 Å². The highest BCUT2D eigenvalue weighted by Crippen LogP contribution is 2.27. The van der Waals surface area contributed by atoms with Crippen LogP contribution in [0.1, 0.15) is 26.7 Å². The number of benzene rings is 1. The molecule has 4 heteroatoms. The number of hydrogen-bond acceptors (Lipinski definition) is 2. The predicted molar refractivity (Wildman–Crippen MR) is 60.6 cm³/mol. The van der Waals surface area contributed by atoms with Gasteiger partial charge >= 0.3 is 0 Å². The molecule has 0 aliphatic heterocycles. The maximum Gasteiger partial charge on any atom is 0.199 e. The Morgan fingerprint density at radius 1 is 1.18 bits per heavy atom. The fourth-order valence-corrected chi connectivity index (χ4v) is 1.44. The third-order valence-electron chi connectivity index (χ3n) is 2.35. The largest absolute Gasteiger partial charge is 0.448 e. The first-order chi connectivity index (χ1) is 7.88. The molecule has 0 saturated heterocycles. The molecule has 2 rings (SSSR count). The number of halogens is 2. The molecule has 1 heterocycles. The fraction of sp³-hybridized carbons (Fsp3) is 0.308.